The van der Waals surface area contributed by atoms with Gasteiger partial charge in [-0.2, -0.15) is 0 Å². The maximum Gasteiger partial charge on any atom is 0.313 e. The molecule has 0 fully saturated rings. The molecule has 2 rings (SSSR count). The van der Waals surface area contributed by atoms with Crippen molar-refractivity contribution in [2.24, 2.45) is 0 Å². The van der Waals surface area contributed by atoms with Crippen molar-refractivity contribution in [2.45, 2.75) is 19.6 Å². The van der Waals surface area contributed by atoms with Crippen molar-refractivity contribution in [1.29, 1.82) is 0 Å². The number of thioether (sulfide) groups is 1. The predicted octanol–water partition coefficient (Wildman–Crippen LogP) is 1.95. The van der Waals surface area contributed by atoms with Crippen molar-refractivity contribution in [2.75, 3.05) is 16.8 Å². The van der Waals surface area contributed by atoms with Gasteiger partial charge in [0.2, 0.25) is 11.7 Å². The Balaban J connectivity index is 1.92. The Bertz CT molecular complexity index is 544. The van der Waals surface area contributed by atoms with Crippen LogP contribution < -0.4 is 14.8 Å². The summed E-state index contributed by atoms with van der Waals surface area (Å²) in [6, 6.07) is 5.12. The molecule has 1 aliphatic rings. The SMILES string of the molecule is CC1(C)Oc2ccc(NC(=O)CSCC(=O)O)cc2O1. The van der Waals surface area contributed by atoms with Gasteiger partial charge < -0.3 is 19.9 Å². The maximum absolute atomic E-state index is 11.6. The van der Waals surface area contributed by atoms with E-state index in [1.54, 1.807) is 32.0 Å². The van der Waals surface area contributed by atoms with Gasteiger partial charge in [0, 0.05) is 25.6 Å². The molecule has 1 aromatic rings. The van der Waals surface area contributed by atoms with E-state index in [1.165, 1.54) is 0 Å². The Labute approximate surface area is 120 Å². The third-order valence-corrected chi connectivity index (χ3v) is 3.32. The van der Waals surface area contributed by atoms with Crippen LogP contribution in [-0.2, 0) is 9.59 Å². The Morgan fingerprint density at radius 3 is 2.65 bits per heavy atom. The molecule has 0 bridgehead atoms. The lowest BCUT2D eigenvalue weighted by atomic mass is 10.3. The van der Waals surface area contributed by atoms with Crippen LogP contribution in [0.3, 0.4) is 0 Å². The molecule has 1 heterocycles. The van der Waals surface area contributed by atoms with Crippen molar-refractivity contribution >= 4 is 29.3 Å². The molecule has 0 spiro atoms. The molecule has 7 heteroatoms. The summed E-state index contributed by atoms with van der Waals surface area (Å²) in [5, 5.41) is 11.2. The molecule has 0 aliphatic carbocycles. The van der Waals surface area contributed by atoms with Crippen molar-refractivity contribution in [3.05, 3.63) is 18.2 Å². The summed E-state index contributed by atoms with van der Waals surface area (Å²) >= 11 is 1.05. The van der Waals surface area contributed by atoms with E-state index in [1.807, 2.05) is 0 Å². The van der Waals surface area contributed by atoms with Gasteiger partial charge in [-0.25, -0.2) is 0 Å². The first-order valence-electron chi connectivity index (χ1n) is 5.97. The van der Waals surface area contributed by atoms with Crippen LogP contribution in [0, 0.1) is 0 Å². The lowest BCUT2D eigenvalue weighted by Crippen LogP contribution is -2.29. The minimum absolute atomic E-state index is 0.0895. The molecule has 0 unspecified atom stereocenters. The highest BCUT2D eigenvalue weighted by Gasteiger charge is 2.31. The summed E-state index contributed by atoms with van der Waals surface area (Å²) in [6.45, 7) is 3.60. The molecule has 0 radical (unpaired) electrons. The molecule has 108 valence electrons. The highest BCUT2D eigenvalue weighted by molar-refractivity contribution is 8.00. The van der Waals surface area contributed by atoms with Crippen LogP contribution in [-0.4, -0.2) is 34.3 Å². The molecule has 20 heavy (non-hydrogen) atoms. The van der Waals surface area contributed by atoms with Crippen molar-refractivity contribution in [1.82, 2.24) is 0 Å². The van der Waals surface area contributed by atoms with Crippen LogP contribution in [0.5, 0.6) is 11.5 Å². The van der Waals surface area contributed by atoms with E-state index in [-0.39, 0.29) is 17.4 Å². The van der Waals surface area contributed by atoms with Crippen LogP contribution in [0.4, 0.5) is 5.69 Å². The second kappa shape index (κ2) is 5.62. The number of benzene rings is 1. The summed E-state index contributed by atoms with van der Waals surface area (Å²) in [5.74, 6) is -0.696. The molecule has 2 N–H and O–H groups in total. The summed E-state index contributed by atoms with van der Waals surface area (Å²) in [4.78, 5) is 22.0. The number of hydrogen-bond donors (Lipinski definition) is 2. The van der Waals surface area contributed by atoms with Gasteiger partial charge in [-0.3, -0.25) is 9.59 Å². The molecule has 0 atom stereocenters. The van der Waals surface area contributed by atoms with E-state index in [4.69, 9.17) is 14.6 Å². The molecule has 6 nitrogen and oxygen atoms in total. The number of carbonyl (C=O) groups excluding carboxylic acids is 1. The third kappa shape index (κ3) is 3.80. The van der Waals surface area contributed by atoms with Gasteiger partial charge in [-0.05, 0) is 12.1 Å². The zero-order valence-corrected chi connectivity index (χ0v) is 12.0. The molecule has 1 aromatic carbocycles. The first kappa shape index (κ1) is 14.5. The van der Waals surface area contributed by atoms with Gasteiger partial charge in [-0.1, -0.05) is 0 Å². The van der Waals surface area contributed by atoms with Crippen LogP contribution in [0.2, 0.25) is 0 Å². The molecule has 0 aromatic heterocycles. The number of aliphatic carboxylic acids is 1. The molecular formula is C13H15NO5S. The van der Waals surface area contributed by atoms with Gasteiger partial charge in [0.25, 0.3) is 0 Å². The zero-order chi connectivity index (χ0) is 14.8. The fraction of sp³-hybridized carbons (Fsp3) is 0.385. The smallest absolute Gasteiger partial charge is 0.313 e. The number of hydrogen-bond acceptors (Lipinski definition) is 5. The average molecular weight is 297 g/mol. The monoisotopic (exact) mass is 297 g/mol. The Hall–Kier alpha value is -1.89. The highest BCUT2D eigenvalue weighted by atomic mass is 32.2. The summed E-state index contributed by atoms with van der Waals surface area (Å²) in [5.41, 5.74) is 0.589. The number of carboxylic acid groups (broad SMARTS) is 1. The maximum atomic E-state index is 11.6. The van der Waals surface area contributed by atoms with Crippen LogP contribution in [0.25, 0.3) is 0 Å². The highest BCUT2D eigenvalue weighted by Crippen LogP contribution is 2.40. The number of anilines is 1. The molecule has 1 aliphatic heterocycles. The lowest BCUT2D eigenvalue weighted by Gasteiger charge is -2.16. The van der Waals surface area contributed by atoms with Gasteiger partial charge in [0.1, 0.15) is 0 Å². The molecule has 0 saturated heterocycles. The van der Waals surface area contributed by atoms with E-state index in [9.17, 15) is 9.59 Å². The second-order valence-electron chi connectivity index (χ2n) is 4.70. The minimum atomic E-state index is -0.937. The summed E-state index contributed by atoms with van der Waals surface area (Å²) in [6.07, 6.45) is 0. The van der Waals surface area contributed by atoms with Crippen LogP contribution >= 0.6 is 11.8 Å². The van der Waals surface area contributed by atoms with Crippen LogP contribution in [0.15, 0.2) is 18.2 Å². The minimum Gasteiger partial charge on any atom is -0.481 e. The van der Waals surface area contributed by atoms with E-state index in [2.05, 4.69) is 5.32 Å². The first-order valence-corrected chi connectivity index (χ1v) is 7.13. The van der Waals surface area contributed by atoms with Gasteiger partial charge in [0.15, 0.2) is 11.5 Å². The number of nitrogens with one attached hydrogen (secondary N) is 1. The number of carboxylic acids is 1. The van der Waals surface area contributed by atoms with E-state index >= 15 is 0 Å². The van der Waals surface area contributed by atoms with E-state index in [0.29, 0.717) is 17.2 Å². The first-order chi connectivity index (χ1) is 9.35. The van der Waals surface area contributed by atoms with Gasteiger partial charge >= 0.3 is 5.97 Å². The normalized spacial score (nSPS) is 14.9. The predicted molar refractivity (Wildman–Crippen MR) is 75.4 cm³/mol. The number of rotatable bonds is 5. The Morgan fingerprint density at radius 1 is 1.25 bits per heavy atom. The molecule has 0 saturated carbocycles. The fourth-order valence-electron chi connectivity index (χ4n) is 1.73. The molecular weight excluding hydrogens is 282 g/mol. The standard InChI is InChI=1S/C13H15NO5S/c1-13(2)18-9-4-3-8(5-10(9)19-13)14-11(15)6-20-7-12(16)17/h3-5H,6-7H2,1-2H3,(H,14,15)(H,16,17). The number of amides is 1. The second-order valence-corrected chi connectivity index (χ2v) is 5.69. The number of fused-ring (bicyclic) bond motifs is 1. The lowest BCUT2D eigenvalue weighted by molar-refractivity contribution is -0.133. The Morgan fingerprint density at radius 2 is 1.95 bits per heavy atom. The van der Waals surface area contributed by atoms with Crippen molar-refractivity contribution in [3.8, 4) is 11.5 Å². The number of carbonyl (C=O) groups is 2. The summed E-state index contributed by atoms with van der Waals surface area (Å²) in [7, 11) is 0. The van der Waals surface area contributed by atoms with Gasteiger partial charge in [-0.15, -0.1) is 11.8 Å². The van der Waals surface area contributed by atoms with Crippen LogP contribution in [0.1, 0.15) is 13.8 Å². The number of ether oxygens (including phenoxy) is 2. The van der Waals surface area contributed by atoms with Crippen molar-refractivity contribution in [3.63, 3.8) is 0 Å². The summed E-state index contributed by atoms with van der Waals surface area (Å²) < 4.78 is 11.1. The average Bonchev–Trinajstić information content (AvgIpc) is 2.61. The van der Waals surface area contributed by atoms with Gasteiger partial charge in [0.05, 0.1) is 11.5 Å². The van der Waals surface area contributed by atoms with E-state index in [0.717, 1.165) is 11.8 Å². The molecule has 1 amide bonds. The Kier molecular flexibility index (Phi) is 4.08. The van der Waals surface area contributed by atoms with Crippen molar-refractivity contribution < 1.29 is 24.2 Å². The zero-order valence-electron chi connectivity index (χ0n) is 11.1. The quantitative estimate of drug-likeness (QED) is 0.864. The topological polar surface area (TPSA) is 84.9 Å². The largest absolute Gasteiger partial charge is 0.481 e. The van der Waals surface area contributed by atoms with E-state index < -0.39 is 11.8 Å². The third-order valence-electron chi connectivity index (χ3n) is 2.40. The fourth-order valence-corrected chi connectivity index (χ4v) is 2.26.